The van der Waals surface area contributed by atoms with Crippen molar-refractivity contribution in [2.45, 2.75) is 361 Å². The maximum Gasteiger partial charge on any atom is 0.306 e. The molecule has 0 fully saturated rings. The summed E-state index contributed by atoms with van der Waals surface area (Å²) < 4.78 is 16.8. The van der Waals surface area contributed by atoms with Crippen LogP contribution in [0.2, 0.25) is 0 Å². The van der Waals surface area contributed by atoms with E-state index in [1.807, 2.05) is 0 Å². The van der Waals surface area contributed by atoms with Crippen LogP contribution in [0.4, 0.5) is 0 Å². The van der Waals surface area contributed by atoms with Crippen molar-refractivity contribution in [1.29, 1.82) is 0 Å². The molecule has 6 heteroatoms. The summed E-state index contributed by atoms with van der Waals surface area (Å²) in [5, 5.41) is 0. The van der Waals surface area contributed by atoms with E-state index in [1.165, 1.54) is 205 Å². The molecule has 0 amide bonds. The first kappa shape index (κ1) is 74.1. The highest BCUT2D eigenvalue weighted by molar-refractivity contribution is 5.71. The van der Waals surface area contributed by atoms with Crippen molar-refractivity contribution in [2.75, 3.05) is 13.2 Å². The third kappa shape index (κ3) is 63.8. The summed E-state index contributed by atoms with van der Waals surface area (Å²) in [4.78, 5) is 38.1. The summed E-state index contributed by atoms with van der Waals surface area (Å²) in [5.74, 6) is -0.888. The van der Waals surface area contributed by atoms with Gasteiger partial charge in [-0.2, -0.15) is 0 Å². The van der Waals surface area contributed by atoms with Crippen molar-refractivity contribution in [3.8, 4) is 0 Å². The number of carbonyl (C=O) groups excluding carboxylic acids is 3. The van der Waals surface area contributed by atoms with Crippen molar-refractivity contribution >= 4 is 17.9 Å². The Morgan fingerprint density at radius 2 is 0.506 bits per heavy atom. The van der Waals surface area contributed by atoms with Gasteiger partial charge in [0.05, 0.1) is 0 Å². The molecular weight excluding hydrogens is 949 g/mol. The van der Waals surface area contributed by atoms with Crippen LogP contribution < -0.4 is 0 Å². The Morgan fingerprint density at radius 3 is 0.792 bits per heavy atom. The topological polar surface area (TPSA) is 78.9 Å². The number of hydrogen-bond donors (Lipinski definition) is 0. The molecule has 0 spiro atoms. The molecule has 448 valence electrons. The third-order valence-corrected chi connectivity index (χ3v) is 15.0. The molecule has 0 aromatic carbocycles. The lowest BCUT2D eigenvalue weighted by molar-refractivity contribution is -0.167. The monoisotopic (exact) mass is 1080 g/mol. The van der Waals surface area contributed by atoms with E-state index in [0.717, 1.165) is 109 Å². The summed E-state index contributed by atoms with van der Waals surface area (Å²) in [6.07, 6.45) is 84.3. The zero-order chi connectivity index (χ0) is 55.7. The van der Waals surface area contributed by atoms with E-state index in [2.05, 4.69) is 81.5 Å². The summed E-state index contributed by atoms with van der Waals surface area (Å²) in [7, 11) is 0. The average Bonchev–Trinajstić information content (AvgIpc) is 3.43. The Kier molecular flexibility index (Phi) is 63.2. The Morgan fingerprint density at radius 1 is 0.273 bits per heavy atom. The number of hydrogen-bond acceptors (Lipinski definition) is 6. The Hall–Kier alpha value is -2.89. The molecule has 0 aromatic heterocycles. The van der Waals surface area contributed by atoms with E-state index in [4.69, 9.17) is 14.2 Å². The number of esters is 3. The average molecular weight is 1080 g/mol. The number of rotatable bonds is 62. The van der Waals surface area contributed by atoms with Gasteiger partial charge in [0, 0.05) is 19.3 Å². The van der Waals surface area contributed by atoms with Crippen LogP contribution in [-0.4, -0.2) is 37.2 Å². The maximum absolute atomic E-state index is 12.9. The molecule has 0 heterocycles. The molecule has 77 heavy (non-hydrogen) atoms. The summed E-state index contributed by atoms with van der Waals surface area (Å²) in [6.45, 7) is 6.52. The standard InChI is InChI=1S/C71H128O6/c1-4-7-10-13-16-18-20-22-24-26-28-30-31-32-33-34-35-36-37-38-39-41-42-44-46-48-50-52-55-58-61-64-70(73)76-67-68(66-75-69(72)63-60-57-54-15-12-9-6-3)77-71(74)65-62-59-56-53-51-49-47-45-43-40-29-27-25-23-21-19-17-14-11-8-5-2/h8,11,17,19,23,25,29,40,45,47,68H,4-7,9-10,12-16,18,20-22,24,26-28,30-39,41-44,46,48-67H2,1-3H3/b11-8-,19-17-,25-23-,40-29-,47-45-. The van der Waals surface area contributed by atoms with Crippen molar-refractivity contribution in [1.82, 2.24) is 0 Å². The number of carbonyl (C=O) groups is 3. The van der Waals surface area contributed by atoms with Gasteiger partial charge in [0.25, 0.3) is 0 Å². The molecule has 1 atom stereocenters. The highest BCUT2D eigenvalue weighted by atomic mass is 16.6. The Balaban J connectivity index is 4.04. The van der Waals surface area contributed by atoms with Gasteiger partial charge in [-0.3, -0.25) is 14.4 Å². The third-order valence-electron chi connectivity index (χ3n) is 15.0. The van der Waals surface area contributed by atoms with Crippen LogP contribution >= 0.6 is 0 Å². The predicted octanol–water partition coefficient (Wildman–Crippen LogP) is 23.1. The fraction of sp³-hybridized carbons (Fsp3) is 0.817. The van der Waals surface area contributed by atoms with Gasteiger partial charge in [-0.05, 0) is 64.2 Å². The maximum atomic E-state index is 12.9. The SMILES string of the molecule is CC/C=C\C/C=C\C/C=C\C/C=C\C/C=C\CCCCCCCC(=O)OC(COC(=O)CCCCCCCCC)COC(=O)CCCCCCCCCCCCCCCCCCCCCCCCCCCCCCCCC. The van der Waals surface area contributed by atoms with Gasteiger partial charge in [-0.25, -0.2) is 0 Å². The number of unbranched alkanes of at least 4 members (excludes halogenated alkanes) is 41. The molecule has 0 N–H and O–H groups in total. The summed E-state index contributed by atoms with van der Waals surface area (Å²) in [6, 6.07) is 0. The molecule has 0 aromatic rings. The van der Waals surface area contributed by atoms with Gasteiger partial charge in [0.2, 0.25) is 0 Å². The summed E-state index contributed by atoms with van der Waals surface area (Å²) in [5.41, 5.74) is 0. The molecule has 0 aliphatic heterocycles. The van der Waals surface area contributed by atoms with Gasteiger partial charge in [0.1, 0.15) is 13.2 Å². The van der Waals surface area contributed by atoms with Gasteiger partial charge in [-0.15, -0.1) is 0 Å². The molecule has 0 aliphatic carbocycles. The lowest BCUT2D eigenvalue weighted by atomic mass is 10.0. The van der Waals surface area contributed by atoms with Crippen molar-refractivity contribution in [3.63, 3.8) is 0 Å². The minimum atomic E-state index is -0.781. The zero-order valence-corrected chi connectivity index (χ0v) is 51.5. The van der Waals surface area contributed by atoms with E-state index >= 15 is 0 Å². The Labute approximate surface area is 479 Å². The van der Waals surface area contributed by atoms with E-state index in [9.17, 15) is 14.4 Å². The smallest absolute Gasteiger partial charge is 0.306 e. The Bertz CT molecular complexity index is 1380. The lowest BCUT2D eigenvalue weighted by Crippen LogP contribution is -2.30. The van der Waals surface area contributed by atoms with Gasteiger partial charge >= 0.3 is 17.9 Å². The van der Waals surface area contributed by atoms with Crippen molar-refractivity contribution in [2.24, 2.45) is 0 Å². The quantitative estimate of drug-likeness (QED) is 0.0261. The molecule has 0 bridgehead atoms. The lowest BCUT2D eigenvalue weighted by Gasteiger charge is -2.18. The number of allylic oxidation sites excluding steroid dienone is 10. The highest BCUT2D eigenvalue weighted by Crippen LogP contribution is 2.18. The first-order chi connectivity index (χ1) is 38.0. The van der Waals surface area contributed by atoms with Crippen LogP contribution in [0.3, 0.4) is 0 Å². The van der Waals surface area contributed by atoms with Crippen LogP contribution in [0.25, 0.3) is 0 Å². The molecule has 0 aliphatic rings. The molecule has 0 rings (SSSR count). The first-order valence-corrected chi connectivity index (χ1v) is 33.8. The molecule has 0 radical (unpaired) electrons. The molecule has 6 nitrogen and oxygen atoms in total. The van der Waals surface area contributed by atoms with Crippen LogP contribution in [0.15, 0.2) is 60.8 Å². The van der Waals surface area contributed by atoms with Crippen LogP contribution in [-0.2, 0) is 28.6 Å². The van der Waals surface area contributed by atoms with E-state index in [1.54, 1.807) is 0 Å². The minimum Gasteiger partial charge on any atom is -0.462 e. The minimum absolute atomic E-state index is 0.0787. The molecule has 1 unspecified atom stereocenters. The van der Waals surface area contributed by atoms with Crippen LogP contribution in [0, 0.1) is 0 Å². The number of ether oxygens (including phenoxy) is 3. The second-order valence-corrected chi connectivity index (χ2v) is 22.7. The van der Waals surface area contributed by atoms with Crippen molar-refractivity contribution in [3.05, 3.63) is 60.8 Å². The van der Waals surface area contributed by atoms with E-state index < -0.39 is 6.10 Å². The van der Waals surface area contributed by atoms with Gasteiger partial charge in [-0.1, -0.05) is 332 Å². The van der Waals surface area contributed by atoms with Gasteiger partial charge in [0.15, 0.2) is 6.10 Å². The summed E-state index contributed by atoms with van der Waals surface area (Å²) >= 11 is 0. The first-order valence-electron chi connectivity index (χ1n) is 33.8. The fourth-order valence-electron chi connectivity index (χ4n) is 10.0. The van der Waals surface area contributed by atoms with E-state index in [-0.39, 0.29) is 31.1 Å². The van der Waals surface area contributed by atoms with Crippen LogP contribution in [0.1, 0.15) is 355 Å². The normalized spacial score (nSPS) is 12.4. The van der Waals surface area contributed by atoms with E-state index in [0.29, 0.717) is 19.3 Å². The molecule has 0 saturated heterocycles. The van der Waals surface area contributed by atoms with Gasteiger partial charge < -0.3 is 14.2 Å². The second kappa shape index (κ2) is 65.6. The molecule has 0 saturated carbocycles. The second-order valence-electron chi connectivity index (χ2n) is 22.7. The largest absolute Gasteiger partial charge is 0.462 e. The highest BCUT2D eigenvalue weighted by Gasteiger charge is 2.19. The zero-order valence-electron chi connectivity index (χ0n) is 51.5. The van der Waals surface area contributed by atoms with Crippen LogP contribution in [0.5, 0.6) is 0 Å². The predicted molar refractivity (Wildman–Crippen MR) is 335 cm³/mol. The fourth-order valence-corrected chi connectivity index (χ4v) is 10.0. The van der Waals surface area contributed by atoms with Crippen molar-refractivity contribution < 1.29 is 28.6 Å². The molecular formula is C71H128O6.